The molecular weight excluding hydrogens is 416 g/mol. The third kappa shape index (κ3) is 6.07. The molecule has 1 aromatic heterocycles. The fraction of sp³-hybridized carbons (Fsp3) is 0.391. The third-order valence-corrected chi connectivity index (χ3v) is 7.43. The summed E-state index contributed by atoms with van der Waals surface area (Å²) in [7, 11) is -3.84. The van der Waals surface area contributed by atoms with Crippen LogP contribution in [0.5, 0.6) is 0 Å². The molecule has 1 heterocycles. The quantitative estimate of drug-likeness (QED) is 0.480. The summed E-state index contributed by atoms with van der Waals surface area (Å²) < 4.78 is 31.6. The fourth-order valence-electron chi connectivity index (χ4n) is 3.54. The van der Waals surface area contributed by atoms with Gasteiger partial charge < -0.3 is 15.1 Å². The number of aryl methyl sites for hydroxylation is 1. The lowest BCUT2D eigenvalue weighted by Crippen LogP contribution is -2.42. The van der Waals surface area contributed by atoms with Crippen LogP contribution in [0.2, 0.25) is 0 Å². The first-order valence-corrected chi connectivity index (χ1v) is 12.0. The van der Waals surface area contributed by atoms with Gasteiger partial charge >= 0.3 is 11.8 Å². The summed E-state index contributed by atoms with van der Waals surface area (Å²) in [4.78, 5) is 24.5. The predicted molar refractivity (Wildman–Crippen MR) is 117 cm³/mol. The Kier molecular flexibility index (Phi) is 7.68. The molecule has 1 aromatic carbocycles. The lowest BCUT2D eigenvalue weighted by atomic mass is 9.97. The summed E-state index contributed by atoms with van der Waals surface area (Å²) >= 11 is 0. The molecule has 1 aliphatic carbocycles. The Morgan fingerprint density at radius 2 is 1.81 bits per heavy atom. The Morgan fingerprint density at radius 1 is 1.06 bits per heavy atom. The first-order valence-electron chi connectivity index (χ1n) is 10.5. The lowest BCUT2D eigenvalue weighted by molar-refractivity contribution is -0.139. The van der Waals surface area contributed by atoms with Crippen molar-refractivity contribution in [1.82, 2.24) is 10.6 Å². The standard InChI is InChI=1S/C23H28N2O5S/c1-17-9-11-19(12-10-17)31(28,29)21(20-8-5-15-30-20)16-25-23(27)22(26)24-14-13-18-6-3-2-4-7-18/h5-6,8-12,15,21H,2-4,7,13-14,16H2,1H3,(H,24,26)(H,25,27)/t21-/m1/s1. The van der Waals surface area contributed by atoms with Crippen molar-refractivity contribution in [3.63, 3.8) is 0 Å². The largest absolute Gasteiger partial charge is 0.468 e. The summed E-state index contributed by atoms with van der Waals surface area (Å²) in [5.41, 5.74) is 2.23. The van der Waals surface area contributed by atoms with Gasteiger partial charge in [-0.05, 0) is 63.3 Å². The molecule has 2 amide bonds. The van der Waals surface area contributed by atoms with Gasteiger partial charge in [0.05, 0.1) is 11.2 Å². The van der Waals surface area contributed by atoms with Gasteiger partial charge in [-0.3, -0.25) is 9.59 Å². The number of furan rings is 1. The van der Waals surface area contributed by atoms with Crippen LogP contribution in [0, 0.1) is 6.92 Å². The van der Waals surface area contributed by atoms with Crippen LogP contribution in [0.1, 0.15) is 48.7 Å². The van der Waals surface area contributed by atoms with E-state index in [1.165, 1.54) is 30.4 Å². The molecule has 0 saturated heterocycles. The highest BCUT2D eigenvalue weighted by Crippen LogP contribution is 2.29. The molecule has 2 N–H and O–H groups in total. The van der Waals surface area contributed by atoms with Crippen LogP contribution in [0.4, 0.5) is 0 Å². The fourth-order valence-corrected chi connectivity index (χ4v) is 5.13. The third-order valence-electron chi connectivity index (χ3n) is 5.36. The predicted octanol–water partition coefficient (Wildman–Crippen LogP) is 3.23. The number of nitrogens with one attached hydrogen (secondary N) is 2. The Hall–Kier alpha value is -2.87. The number of carbonyl (C=O) groups excluding carboxylic acids is 2. The van der Waals surface area contributed by atoms with Crippen LogP contribution >= 0.6 is 0 Å². The second-order valence-electron chi connectivity index (χ2n) is 7.69. The zero-order chi connectivity index (χ0) is 22.3. The number of benzene rings is 1. The molecule has 2 aromatic rings. The van der Waals surface area contributed by atoms with E-state index in [2.05, 4.69) is 16.7 Å². The van der Waals surface area contributed by atoms with Crippen molar-refractivity contribution in [2.24, 2.45) is 0 Å². The number of hydrogen-bond donors (Lipinski definition) is 2. The molecule has 0 spiro atoms. The van der Waals surface area contributed by atoms with Gasteiger partial charge in [0.15, 0.2) is 9.84 Å². The highest BCUT2D eigenvalue weighted by Gasteiger charge is 2.32. The second kappa shape index (κ2) is 10.4. The van der Waals surface area contributed by atoms with Gasteiger partial charge in [0, 0.05) is 13.1 Å². The van der Waals surface area contributed by atoms with Crippen molar-refractivity contribution >= 4 is 21.7 Å². The topological polar surface area (TPSA) is 105 Å². The molecule has 0 radical (unpaired) electrons. The lowest BCUT2D eigenvalue weighted by Gasteiger charge is -2.17. The number of amides is 2. The molecule has 0 aliphatic heterocycles. The first-order chi connectivity index (χ1) is 14.9. The van der Waals surface area contributed by atoms with Crippen LogP contribution in [0.15, 0.2) is 63.6 Å². The molecule has 0 bridgehead atoms. The smallest absolute Gasteiger partial charge is 0.309 e. The molecule has 1 aliphatic rings. The van der Waals surface area contributed by atoms with Gasteiger partial charge in [-0.2, -0.15) is 0 Å². The van der Waals surface area contributed by atoms with Crippen LogP contribution in [-0.2, 0) is 19.4 Å². The minimum Gasteiger partial charge on any atom is -0.468 e. The summed E-state index contributed by atoms with van der Waals surface area (Å²) in [6, 6.07) is 9.59. The molecule has 31 heavy (non-hydrogen) atoms. The monoisotopic (exact) mass is 444 g/mol. The van der Waals surface area contributed by atoms with Gasteiger partial charge in [0.25, 0.3) is 0 Å². The van der Waals surface area contributed by atoms with E-state index < -0.39 is 26.9 Å². The van der Waals surface area contributed by atoms with E-state index >= 15 is 0 Å². The Morgan fingerprint density at radius 3 is 2.45 bits per heavy atom. The number of rotatable bonds is 8. The zero-order valence-electron chi connectivity index (χ0n) is 17.6. The van der Waals surface area contributed by atoms with Gasteiger partial charge in [-0.1, -0.05) is 29.3 Å². The van der Waals surface area contributed by atoms with Gasteiger partial charge in [0.2, 0.25) is 0 Å². The molecule has 166 valence electrons. The van der Waals surface area contributed by atoms with Crippen molar-refractivity contribution in [1.29, 1.82) is 0 Å². The van der Waals surface area contributed by atoms with Crippen LogP contribution in [0.25, 0.3) is 0 Å². The van der Waals surface area contributed by atoms with Crippen LogP contribution < -0.4 is 10.6 Å². The van der Waals surface area contributed by atoms with Gasteiger partial charge in [0.1, 0.15) is 11.0 Å². The highest BCUT2D eigenvalue weighted by molar-refractivity contribution is 7.91. The summed E-state index contributed by atoms with van der Waals surface area (Å²) in [6.45, 7) is 1.96. The van der Waals surface area contributed by atoms with E-state index in [9.17, 15) is 18.0 Å². The first kappa shape index (κ1) is 22.8. The maximum atomic E-state index is 13.2. The SMILES string of the molecule is Cc1ccc(S(=O)(=O)[C@H](CNC(=O)C(=O)NCCC2=CCCCC2)c2ccco2)cc1. The van der Waals surface area contributed by atoms with Crippen molar-refractivity contribution in [3.05, 3.63) is 65.6 Å². The van der Waals surface area contributed by atoms with E-state index in [0.29, 0.717) is 6.54 Å². The molecule has 3 rings (SSSR count). The maximum absolute atomic E-state index is 13.2. The van der Waals surface area contributed by atoms with Crippen molar-refractivity contribution in [2.75, 3.05) is 13.1 Å². The van der Waals surface area contributed by atoms with Crippen LogP contribution in [0.3, 0.4) is 0 Å². The molecule has 0 unspecified atom stereocenters. The molecule has 1 atom stereocenters. The van der Waals surface area contributed by atoms with Crippen molar-refractivity contribution in [2.45, 2.75) is 49.2 Å². The molecule has 0 saturated carbocycles. The molecule has 8 heteroatoms. The molecule has 0 fully saturated rings. The zero-order valence-corrected chi connectivity index (χ0v) is 18.4. The summed E-state index contributed by atoms with van der Waals surface area (Å²) in [5, 5.41) is 3.90. The van der Waals surface area contributed by atoms with Crippen molar-refractivity contribution < 1.29 is 22.4 Å². The van der Waals surface area contributed by atoms with Crippen LogP contribution in [-0.4, -0.2) is 33.3 Å². The minimum atomic E-state index is -3.84. The maximum Gasteiger partial charge on any atom is 0.309 e. The van der Waals surface area contributed by atoms with Crippen molar-refractivity contribution in [3.8, 4) is 0 Å². The second-order valence-corrected chi connectivity index (χ2v) is 9.82. The van der Waals surface area contributed by atoms with E-state index in [1.54, 1.807) is 24.3 Å². The number of sulfone groups is 1. The van der Waals surface area contributed by atoms with E-state index in [1.807, 2.05) is 6.92 Å². The van der Waals surface area contributed by atoms with E-state index in [-0.39, 0.29) is 17.2 Å². The Balaban J connectivity index is 1.61. The van der Waals surface area contributed by atoms with E-state index in [0.717, 1.165) is 31.2 Å². The van der Waals surface area contributed by atoms with Gasteiger partial charge in [-0.15, -0.1) is 0 Å². The minimum absolute atomic E-state index is 0.124. The molecular formula is C23H28N2O5S. The number of carbonyl (C=O) groups is 2. The normalized spacial score (nSPS) is 15.1. The summed E-state index contributed by atoms with van der Waals surface area (Å²) in [5.74, 6) is -1.44. The number of allylic oxidation sites excluding steroid dienone is 1. The average Bonchev–Trinajstić information content (AvgIpc) is 3.29. The van der Waals surface area contributed by atoms with Gasteiger partial charge in [-0.25, -0.2) is 8.42 Å². The Labute approximate surface area is 182 Å². The average molecular weight is 445 g/mol. The Bertz CT molecular complexity index is 1020. The summed E-state index contributed by atoms with van der Waals surface area (Å²) in [6.07, 6.45) is 8.73. The van der Waals surface area contributed by atoms with E-state index in [4.69, 9.17) is 4.42 Å². The molecule has 7 nitrogen and oxygen atoms in total. The number of hydrogen-bond acceptors (Lipinski definition) is 5. The highest BCUT2D eigenvalue weighted by atomic mass is 32.2.